The van der Waals surface area contributed by atoms with Gasteiger partial charge in [-0.05, 0) is 59.6 Å². The summed E-state index contributed by atoms with van der Waals surface area (Å²) in [6.07, 6.45) is 1.78. The monoisotopic (exact) mass is 383 g/mol. The summed E-state index contributed by atoms with van der Waals surface area (Å²) in [5.41, 5.74) is 3.61. The van der Waals surface area contributed by atoms with Gasteiger partial charge in [-0.3, -0.25) is 4.57 Å². The highest BCUT2D eigenvalue weighted by atomic mass is 79.9. The van der Waals surface area contributed by atoms with Gasteiger partial charge in [-0.2, -0.15) is 0 Å². The number of pyridine rings is 1. The van der Waals surface area contributed by atoms with Crippen LogP contribution in [-0.2, 0) is 0 Å². The number of hydrogen-bond acceptors (Lipinski definition) is 2. The topological polar surface area (TPSA) is 30.7 Å². The largest absolute Gasteiger partial charge is 0.279 e. The quantitative estimate of drug-likeness (QED) is 0.550. The van der Waals surface area contributed by atoms with Crippen LogP contribution >= 0.6 is 39.1 Å². The molecule has 3 rings (SSSR count). The van der Waals surface area contributed by atoms with E-state index >= 15 is 0 Å². The van der Waals surface area contributed by atoms with Crippen LogP contribution < -0.4 is 0 Å². The lowest BCUT2D eigenvalue weighted by atomic mass is 10.2. The molecule has 1 atom stereocenters. The third kappa shape index (κ3) is 2.56. The zero-order valence-corrected chi connectivity index (χ0v) is 14.5. The molecule has 0 aliphatic rings. The van der Waals surface area contributed by atoms with Crippen LogP contribution in [0.1, 0.15) is 23.7 Å². The summed E-state index contributed by atoms with van der Waals surface area (Å²) in [4.78, 5) is 9.11. The van der Waals surface area contributed by atoms with Gasteiger partial charge in [-0.15, -0.1) is 11.6 Å². The summed E-state index contributed by atoms with van der Waals surface area (Å²) in [6, 6.07) is 7.68. The molecule has 0 aliphatic heterocycles. The summed E-state index contributed by atoms with van der Waals surface area (Å²) in [5, 5.41) is 0.399. The lowest BCUT2D eigenvalue weighted by molar-refractivity contribution is 0.877. The van der Waals surface area contributed by atoms with Gasteiger partial charge >= 0.3 is 0 Å². The number of aromatic nitrogens is 3. The first-order valence-electron chi connectivity index (χ1n) is 6.42. The van der Waals surface area contributed by atoms with Gasteiger partial charge in [0.1, 0.15) is 11.3 Å². The Hall–Kier alpha value is -1.10. The van der Waals surface area contributed by atoms with Crippen molar-refractivity contribution in [2.75, 3.05) is 0 Å². The van der Waals surface area contributed by atoms with E-state index in [1.807, 2.05) is 42.7 Å². The molecule has 3 nitrogen and oxygen atoms in total. The number of fused-ring (bicyclic) bond motifs is 1. The summed E-state index contributed by atoms with van der Waals surface area (Å²) < 4.78 is 2.81. The van der Waals surface area contributed by atoms with Crippen molar-refractivity contribution >= 4 is 50.3 Å². The maximum absolute atomic E-state index is 6.30. The first kappa shape index (κ1) is 14.8. The van der Waals surface area contributed by atoms with Gasteiger partial charge in [0.15, 0.2) is 5.65 Å². The van der Waals surface area contributed by atoms with Crippen molar-refractivity contribution in [3.8, 4) is 5.69 Å². The number of aryl methyl sites for hydroxylation is 1. The maximum atomic E-state index is 6.30. The Labute approximate surface area is 141 Å². The molecule has 21 heavy (non-hydrogen) atoms. The maximum Gasteiger partial charge on any atom is 0.164 e. The van der Waals surface area contributed by atoms with E-state index in [1.54, 1.807) is 6.20 Å². The number of benzene rings is 1. The smallest absolute Gasteiger partial charge is 0.164 e. The van der Waals surface area contributed by atoms with Crippen molar-refractivity contribution in [1.29, 1.82) is 0 Å². The molecule has 108 valence electrons. The predicted octanol–water partition coefficient (Wildman–Crippen LogP) is 5.44. The molecule has 1 aromatic carbocycles. The molecular formula is C15H12BrCl2N3. The zero-order chi connectivity index (χ0) is 15.1. The van der Waals surface area contributed by atoms with Crippen LogP contribution in [0.25, 0.3) is 16.9 Å². The van der Waals surface area contributed by atoms with Gasteiger partial charge in [-0.1, -0.05) is 11.6 Å². The highest BCUT2D eigenvalue weighted by molar-refractivity contribution is 9.10. The molecule has 6 heteroatoms. The number of imidazole rings is 1. The Morgan fingerprint density at radius 2 is 2.05 bits per heavy atom. The van der Waals surface area contributed by atoms with Gasteiger partial charge in [-0.25, -0.2) is 9.97 Å². The van der Waals surface area contributed by atoms with Crippen molar-refractivity contribution in [2.24, 2.45) is 0 Å². The molecule has 1 unspecified atom stereocenters. The lowest BCUT2D eigenvalue weighted by Crippen LogP contribution is -2.02. The highest BCUT2D eigenvalue weighted by Crippen LogP contribution is 2.31. The minimum atomic E-state index is -0.235. The van der Waals surface area contributed by atoms with E-state index in [0.717, 1.165) is 32.7 Å². The third-order valence-electron chi connectivity index (χ3n) is 3.29. The SMILES string of the molecule is Cc1ccnc2c1nc(C(C)Cl)n2-c1ccc(Br)c(Cl)c1. The standard InChI is InChI=1S/C15H12BrCl2N3/c1-8-5-6-19-15-13(8)20-14(9(2)17)21(15)10-3-4-11(16)12(18)7-10/h3-7,9H,1-2H3. The van der Waals surface area contributed by atoms with Crippen LogP contribution in [0.4, 0.5) is 0 Å². The highest BCUT2D eigenvalue weighted by Gasteiger charge is 2.18. The number of nitrogens with zero attached hydrogens (tertiary/aromatic N) is 3. The molecule has 0 radical (unpaired) electrons. The van der Waals surface area contributed by atoms with Crippen molar-refractivity contribution in [1.82, 2.24) is 14.5 Å². The number of rotatable bonds is 2. The Morgan fingerprint density at radius 3 is 2.71 bits per heavy atom. The molecule has 0 aliphatic carbocycles. The number of alkyl halides is 1. The van der Waals surface area contributed by atoms with Crippen LogP contribution in [0.2, 0.25) is 5.02 Å². The fourth-order valence-electron chi connectivity index (χ4n) is 2.26. The van der Waals surface area contributed by atoms with Crippen molar-refractivity contribution in [3.05, 3.63) is 51.3 Å². The molecule has 3 aromatic rings. The fraction of sp³-hybridized carbons (Fsp3) is 0.200. The van der Waals surface area contributed by atoms with E-state index in [0.29, 0.717) is 5.02 Å². The Bertz CT molecular complexity index is 827. The lowest BCUT2D eigenvalue weighted by Gasteiger charge is -2.11. The van der Waals surface area contributed by atoms with Crippen LogP contribution in [0.5, 0.6) is 0 Å². The molecule has 2 heterocycles. The minimum Gasteiger partial charge on any atom is -0.279 e. The molecule has 0 spiro atoms. The minimum absolute atomic E-state index is 0.235. The fourth-order valence-corrected chi connectivity index (χ4v) is 2.82. The van der Waals surface area contributed by atoms with Gasteiger partial charge in [0, 0.05) is 10.7 Å². The summed E-state index contributed by atoms with van der Waals surface area (Å²) in [5.74, 6) is 0.756. The molecular weight excluding hydrogens is 373 g/mol. The summed E-state index contributed by atoms with van der Waals surface area (Å²) >= 11 is 15.9. The molecule has 0 fully saturated rings. The molecule has 0 N–H and O–H groups in total. The van der Waals surface area contributed by atoms with Crippen LogP contribution in [-0.4, -0.2) is 14.5 Å². The van der Waals surface area contributed by atoms with Crippen LogP contribution in [0.15, 0.2) is 34.9 Å². The normalized spacial score (nSPS) is 12.8. The summed E-state index contributed by atoms with van der Waals surface area (Å²) in [7, 11) is 0. The predicted molar refractivity (Wildman–Crippen MR) is 90.6 cm³/mol. The van der Waals surface area contributed by atoms with E-state index in [2.05, 4.69) is 25.9 Å². The van der Waals surface area contributed by atoms with Crippen molar-refractivity contribution in [3.63, 3.8) is 0 Å². The number of halogens is 3. The van der Waals surface area contributed by atoms with E-state index < -0.39 is 0 Å². The zero-order valence-electron chi connectivity index (χ0n) is 11.4. The molecule has 0 saturated heterocycles. The van der Waals surface area contributed by atoms with Gasteiger partial charge in [0.05, 0.1) is 16.1 Å². The summed E-state index contributed by atoms with van der Waals surface area (Å²) in [6.45, 7) is 3.91. The Morgan fingerprint density at radius 1 is 1.29 bits per heavy atom. The van der Waals surface area contributed by atoms with Gasteiger partial charge < -0.3 is 0 Å². The van der Waals surface area contributed by atoms with E-state index in [-0.39, 0.29) is 5.38 Å². The van der Waals surface area contributed by atoms with E-state index in [4.69, 9.17) is 23.2 Å². The van der Waals surface area contributed by atoms with Gasteiger partial charge in [0.25, 0.3) is 0 Å². The average molecular weight is 385 g/mol. The molecule has 0 bridgehead atoms. The van der Waals surface area contributed by atoms with Crippen LogP contribution in [0.3, 0.4) is 0 Å². The van der Waals surface area contributed by atoms with Crippen molar-refractivity contribution < 1.29 is 0 Å². The van der Waals surface area contributed by atoms with Crippen molar-refractivity contribution in [2.45, 2.75) is 19.2 Å². The number of hydrogen-bond donors (Lipinski definition) is 0. The second-order valence-electron chi connectivity index (χ2n) is 4.82. The second-order valence-corrected chi connectivity index (χ2v) is 6.74. The molecule has 0 saturated carbocycles. The first-order valence-corrected chi connectivity index (χ1v) is 8.03. The third-order valence-corrected chi connectivity index (χ3v) is 4.72. The van der Waals surface area contributed by atoms with Crippen LogP contribution in [0, 0.1) is 6.92 Å². The van der Waals surface area contributed by atoms with E-state index in [1.165, 1.54) is 0 Å². The second kappa shape index (κ2) is 5.59. The molecule has 2 aromatic heterocycles. The average Bonchev–Trinajstić information content (AvgIpc) is 2.83. The Kier molecular flexibility index (Phi) is 3.95. The van der Waals surface area contributed by atoms with Gasteiger partial charge in [0.2, 0.25) is 0 Å². The first-order chi connectivity index (χ1) is 9.99. The van der Waals surface area contributed by atoms with E-state index in [9.17, 15) is 0 Å². The Balaban J connectivity index is 2.36. The molecule has 0 amide bonds.